The Balaban J connectivity index is 1.63. The molecular weight excluding hydrogens is 372 g/mol. The minimum absolute atomic E-state index is 0.0609. The molecule has 2 fully saturated rings. The molecule has 4 rings (SSSR count). The molecule has 1 aromatic carbocycles. The largest absolute Gasteiger partial charge is 0.369 e. The SMILES string of the molecule is O=C(c1[nH]c2ccc(F)c(Cl)c2c1Cl)N1CCN2C(=O)COCC2C1. The number of rotatable bonds is 1. The fraction of sp³-hybridized carbons (Fsp3) is 0.375. The van der Waals surface area contributed by atoms with Gasteiger partial charge in [-0.15, -0.1) is 0 Å². The zero-order valence-corrected chi connectivity index (χ0v) is 14.5. The molecule has 0 bridgehead atoms. The molecule has 2 aliphatic rings. The molecule has 0 spiro atoms. The topological polar surface area (TPSA) is 65.6 Å². The summed E-state index contributed by atoms with van der Waals surface area (Å²) < 4.78 is 18.9. The third kappa shape index (κ3) is 2.67. The van der Waals surface area contributed by atoms with Crippen molar-refractivity contribution in [2.24, 2.45) is 0 Å². The maximum atomic E-state index is 13.7. The van der Waals surface area contributed by atoms with Crippen LogP contribution in [0.15, 0.2) is 12.1 Å². The van der Waals surface area contributed by atoms with Crippen molar-refractivity contribution < 1.29 is 18.7 Å². The van der Waals surface area contributed by atoms with Crippen molar-refractivity contribution in [3.05, 3.63) is 33.7 Å². The number of morpholine rings is 1. The van der Waals surface area contributed by atoms with Gasteiger partial charge in [0.1, 0.15) is 18.1 Å². The van der Waals surface area contributed by atoms with Gasteiger partial charge in [0.25, 0.3) is 5.91 Å². The number of halogens is 3. The number of piperazine rings is 1. The zero-order chi connectivity index (χ0) is 17.7. The van der Waals surface area contributed by atoms with Crippen molar-refractivity contribution in [2.45, 2.75) is 6.04 Å². The summed E-state index contributed by atoms with van der Waals surface area (Å²) in [6.45, 7) is 1.69. The standard InChI is InChI=1S/C16H14Cl2FN3O3/c17-13-9(19)1-2-10-12(13)14(18)15(20-10)16(24)21-3-4-22-8(5-21)6-25-7-11(22)23/h1-2,8,20H,3-7H2. The van der Waals surface area contributed by atoms with Gasteiger partial charge in [0, 0.05) is 30.5 Å². The molecule has 1 atom stereocenters. The Kier molecular flexibility index (Phi) is 4.10. The molecule has 1 unspecified atom stereocenters. The van der Waals surface area contributed by atoms with Gasteiger partial charge in [-0.25, -0.2) is 4.39 Å². The first-order valence-electron chi connectivity index (χ1n) is 7.79. The minimum Gasteiger partial charge on any atom is -0.369 e. The summed E-state index contributed by atoms with van der Waals surface area (Å²) in [6.07, 6.45) is 0. The number of fused-ring (bicyclic) bond motifs is 2. The van der Waals surface area contributed by atoms with Gasteiger partial charge >= 0.3 is 0 Å². The molecule has 6 nitrogen and oxygen atoms in total. The number of carbonyl (C=O) groups excluding carboxylic acids is 2. The van der Waals surface area contributed by atoms with Gasteiger partial charge in [-0.2, -0.15) is 0 Å². The Morgan fingerprint density at radius 1 is 1.28 bits per heavy atom. The molecule has 0 saturated carbocycles. The fourth-order valence-electron chi connectivity index (χ4n) is 3.37. The summed E-state index contributed by atoms with van der Waals surface area (Å²) in [4.78, 5) is 31.0. The molecule has 25 heavy (non-hydrogen) atoms. The van der Waals surface area contributed by atoms with E-state index >= 15 is 0 Å². The average molecular weight is 386 g/mol. The number of amides is 2. The van der Waals surface area contributed by atoms with Crippen LogP contribution in [-0.4, -0.2) is 65.5 Å². The zero-order valence-electron chi connectivity index (χ0n) is 13.0. The molecule has 2 saturated heterocycles. The van der Waals surface area contributed by atoms with Gasteiger partial charge in [0.15, 0.2) is 0 Å². The summed E-state index contributed by atoms with van der Waals surface area (Å²) in [5.74, 6) is -0.967. The number of hydrogen-bond acceptors (Lipinski definition) is 3. The summed E-state index contributed by atoms with van der Waals surface area (Å²) in [5.41, 5.74) is 0.662. The van der Waals surface area contributed by atoms with Crippen LogP contribution < -0.4 is 0 Å². The van der Waals surface area contributed by atoms with Crippen LogP contribution in [0.4, 0.5) is 4.39 Å². The van der Waals surface area contributed by atoms with Crippen molar-refractivity contribution in [3.63, 3.8) is 0 Å². The molecule has 132 valence electrons. The van der Waals surface area contributed by atoms with Crippen molar-refractivity contribution in [3.8, 4) is 0 Å². The number of ether oxygens (including phenoxy) is 1. The summed E-state index contributed by atoms with van der Waals surface area (Å²) >= 11 is 12.3. The first-order chi connectivity index (χ1) is 12.0. The Labute approximate surface area is 152 Å². The van der Waals surface area contributed by atoms with Gasteiger partial charge in [0.05, 0.1) is 22.7 Å². The van der Waals surface area contributed by atoms with Crippen LogP contribution in [0.1, 0.15) is 10.5 Å². The van der Waals surface area contributed by atoms with Gasteiger partial charge in [-0.3, -0.25) is 9.59 Å². The van der Waals surface area contributed by atoms with Crippen molar-refractivity contribution in [1.29, 1.82) is 0 Å². The van der Waals surface area contributed by atoms with E-state index in [0.29, 0.717) is 37.1 Å². The van der Waals surface area contributed by atoms with E-state index in [1.165, 1.54) is 12.1 Å². The quantitative estimate of drug-likeness (QED) is 0.818. The van der Waals surface area contributed by atoms with Crippen LogP contribution in [0.2, 0.25) is 10.0 Å². The Morgan fingerprint density at radius 3 is 2.88 bits per heavy atom. The minimum atomic E-state index is -0.597. The third-order valence-corrected chi connectivity index (χ3v) is 5.38. The van der Waals surface area contributed by atoms with Crippen LogP contribution in [0.3, 0.4) is 0 Å². The molecule has 1 aromatic heterocycles. The molecular formula is C16H14Cl2FN3O3. The number of aromatic nitrogens is 1. The number of nitrogens with zero attached hydrogens (tertiary/aromatic N) is 2. The highest BCUT2D eigenvalue weighted by Crippen LogP contribution is 2.35. The van der Waals surface area contributed by atoms with E-state index in [2.05, 4.69) is 4.98 Å². The maximum absolute atomic E-state index is 13.7. The monoisotopic (exact) mass is 385 g/mol. The first kappa shape index (κ1) is 16.6. The van der Waals surface area contributed by atoms with E-state index in [9.17, 15) is 14.0 Å². The van der Waals surface area contributed by atoms with Crippen LogP contribution >= 0.6 is 23.2 Å². The summed E-state index contributed by atoms with van der Waals surface area (Å²) in [6, 6.07) is 2.54. The molecule has 0 aliphatic carbocycles. The lowest BCUT2D eigenvalue weighted by Gasteiger charge is -2.43. The molecule has 2 aliphatic heterocycles. The fourth-order valence-corrected chi connectivity index (χ4v) is 4.00. The van der Waals surface area contributed by atoms with E-state index in [1.54, 1.807) is 9.80 Å². The molecule has 9 heteroatoms. The number of hydrogen-bond donors (Lipinski definition) is 1. The molecule has 1 N–H and O–H groups in total. The van der Waals surface area contributed by atoms with E-state index < -0.39 is 5.82 Å². The first-order valence-corrected chi connectivity index (χ1v) is 8.54. The predicted octanol–water partition coefficient (Wildman–Crippen LogP) is 2.30. The van der Waals surface area contributed by atoms with Gasteiger partial charge in [-0.05, 0) is 12.1 Å². The van der Waals surface area contributed by atoms with Crippen LogP contribution in [0.5, 0.6) is 0 Å². The van der Waals surface area contributed by atoms with Crippen molar-refractivity contribution in [2.75, 3.05) is 32.8 Å². The maximum Gasteiger partial charge on any atom is 0.271 e. The van der Waals surface area contributed by atoms with Crippen LogP contribution in [-0.2, 0) is 9.53 Å². The lowest BCUT2D eigenvalue weighted by molar-refractivity contribution is -0.151. The Hall–Kier alpha value is -1.83. The Bertz CT molecular complexity index is 885. The second-order valence-electron chi connectivity index (χ2n) is 6.11. The van der Waals surface area contributed by atoms with E-state index in [-0.39, 0.29) is 40.2 Å². The molecule has 3 heterocycles. The predicted molar refractivity (Wildman–Crippen MR) is 90.5 cm³/mol. The Morgan fingerprint density at radius 2 is 2.08 bits per heavy atom. The second-order valence-corrected chi connectivity index (χ2v) is 6.86. The second kappa shape index (κ2) is 6.16. The number of aromatic amines is 1. The molecule has 2 amide bonds. The van der Waals surface area contributed by atoms with E-state index in [1.807, 2.05) is 0 Å². The number of H-pyrrole nitrogens is 1. The van der Waals surface area contributed by atoms with Gasteiger partial charge in [-0.1, -0.05) is 23.2 Å². The normalized spacial score (nSPS) is 20.9. The smallest absolute Gasteiger partial charge is 0.271 e. The summed E-state index contributed by atoms with van der Waals surface area (Å²) in [7, 11) is 0. The van der Waals surface area contributed by atoms with Gasteiger partial charge in [0.2, 0.25) is 5.91 Å². The molecule has 0 radical (unpaired) electrons. The number of carbonyl (C=O) groups is 2. The summed E-state index contributed by atoms with van der Waals surface area (Å²) in [5, 5.41) is 0.276. The highest BCUT2D eigenvalue weighted by Gasteiger charge is 2.36. The number of benzene rings is 1. The number of nitrogens with one attached hydrogen (secondary N) is 1. The highest BCUT2D eigenvalue weighted by molar-refractivity contribution is 6.44. The van der Waals surface area contributed by atoms with Gasteiger partial charge < -0.3 is 19.5 Å². The molecule has 2 aromatic rings. The lowest BCUT2D eigenvalue weighted by Crippen LogP contribution is -2.61. The van der Waals surface area contributed by atoms with Crippen LogP contribution in [0, 0.1) is 5.82 Å². The van der Waals surface area contributed by atoms with E-state index in [4.69, 9.17) is 27.9 Å². The van der Waals surface area contributed by atoms with Crippen LogP contribution in [0.25, 0.3) is 10.9 Å². The van der Waals surface area contributed by atoms with E-state index in [0.717, 1.165) is 0 Å². The van der Waals surface area contributed by atoms with Crippen molar-refractivity contribution in [1.82, 2.24) is 14.8 Å². The average Bonchev–Trinajstić information content (AvgIpc) is 2.95. The lowest BCUT2D eigenvalue weighted by atomic mass is 10.1. The van der Waals surface area contributed by atoms with Crippen molar-refractivity contribution >= 4 is 45.9 Å². The third-order valence-electron chi connectivity index (χ3n) is 4.63. The highest BCUT2D eigenvalue weighted by atomic mass is 35.5.